The summed E-state index contributed by atoms with van der Waals surface area (Å²) in [5.74, 6) is 0. The summed E-state index contributed by atoms with van der Waals surface area (Å²) in [5, 5.41) is 6.80. The minimum Gasteiger partial charge on any atom is -0.359 e. The van der Waals surface area contributed by atoms with Crippen LogP contribution >= 0.6 is 24.0 Å². The fraction of sp³-hybridized carbons (Fsp3) is 0.167. The van der Waals surface area contributed by atoms with Crippen LogP contribution in [0.2, 0.25) is 0 Å². The van der Waals surface area contributed by atoms with E-state index in [-0.39, 0.29) is 0 Å². The Balaban J connectivity index is 1.98. The van der Waals surface area contributed by atoms with Crippen molar-refractivity contribution in [2.24, 2.45) is 0 Å². The van der Waals surface area contributed by atoms with Crippen molar-refractivity contribution < 1.29 is 0 Å². The molecule has 0 saturated heterocycles. The smallest absolute Gasteiger partial charge is 0.171 e. The molecule has 2 N–H and O–H groups in total. The number of aryl methyl sites for hydroxylation is 2. The summed E-state index contributed by atoms with van der Waals surface area (Å²) in [6, 6.07) is 14.8. The second-order valence-electron chi connectivity index (χ2n) is 5.00. The van der Waals surface area contributed by atoms with Gasteiger partial charge in [-0.2, -0.15) is 0 Å². The average Bonchev–Trinajstić information content (AvgIpc) is 2.51. The molecule has 0 radical (unpaired) electrons. The van der Waals surface area contributed by atoms with Crippen molar-refractivity contribution in [3.63, 3.8) is 0 Å². The Bertz CT molecular complexity index is 663. The van der Waals surface area contributed by atoms with Gasteiger partial charge in [-0.3, -0.25) is 0 Å². The average molecular weight is 329 g/mol. The molecule has 0 amide bonds. The Morgan fingerprint density at radius 3 is 2.41 bits per heavy atom. The highest BCUT2D eigenvalue weighted by Gasteiger charge is 2.01. The first-order chi connectivity index (χ1) is 10.6. The van der Waals surface area contributed by atoms with Crippen LogP contribution in [0.15, 0.2) is 64.9 Å². The predicted octanol–water partition coefficient (Wildman–Crippen LogP) is 4.93. The lowest BCUT2D eigenvalue weighted by Crippen LogP contribution is -2.28. The van der Waals surface area contributed by atoms with Gasteiger partial charge in [0.1, 0.15) is 0 Å². The summed E-state index contributed by atoms with van der Waals surface area (Å²) >= 11 is 6.95. The molecule has 0 unspecified atom stereocenters. The van der Waals surface area contributed by atoms with E-state index in [4.69, 9.17) is 12.2 Å². The van der Waals surface area contributed by atoms with Crippen LogP contribution < -0.4 is 10.6 Å². The quantitative estimate of drug-likeness (QED) is 0.600. The number of rotatable bonds is 5. The molecule has 22 heavy (non-hydrogen) atoms. The van der Waals surface area contributed by atoms with Crippen molar-refractivity contribution in [1.82, 2.24) is 5.32 Å². The summed E-state index contributed by atoms with van der Waals surface area (Å²) in [4.78, 5) is 2.46. The molecular formula is C18H20N2S2. The highest BCUT2D eigenvalue weighted by molar-refractivity contribution is 7.99. The highest BCUT2D eigenvalue weighted by atomic mass is 32.2. The van der Waals surface area contributed by atoms with Gasteiger partial charge in [-0.05, 0) is 73.6 Å². The topological polar surface area (TPSA) is 24.1 Å². The lowest BCUT2D eigenvalue weighted by atomic mass is 10.1. The predicted molar refractivity (Wildman–Crippen MR) is 101 cm³/mol. The van der Waals surface area contributed by atoms with E-state index in [1.807, 2.05) is 12.1 Å². The summed E-state index contributed by atoms with van der Waals surface area (Å²) in [6.45, 7) is 8.58. The summed E-state index contributed by atoms with van der Waals surface area (Å²) in [7, 11) is 0. The van der Waals surface area contributed by atoms with Gasteiger partial charge in [-0.15, -0.1) is 6.58 Å². The molecule has 0 bridgehead atoms. The van der Waals surface area contributed by atoms with Gasteiger partial charge in [0.05, 0.1) is 0 Å². The Labute approximate surface area is 142 Å². The molecule has 0 aliphatic rings. The largest absolute Gasteiger partial charge is 0.359 e. The van der Waals surface area contributed by atoms with Crippen LogP contribution in [0, 0.1) is 13.8 Å². The van der Waals surface area contributed by atoms with E-state index < -0.39 is 0 Å². The molecule has 2 rings (SSSR count). The van der Waals surface area contributed by atoms with Crippen LogP contribution in [0.25, 0.3) is 0 Å². The van der Waals surface area contributed by atoms with Gasteiger partial charge in [0.2, 0.25) is 0 Å². The lowest BCUT2D eigenvalue weighted by Gasteiger charge is -2.10. The molecule has 0 saturated carbocycles. The maximum atomic E-state index is 5.19. The zero-order valence-electron chi connectivity index (χ0n) is 12.8. The lowest BCUT2D eigenvalue weighted by molar-refractivity contribution is 1.06. The van der Waals surface area contributed by atoms with Crippen molar-refractivity contribution in [1.29, 1.82) is 0 Å². The monoisotopic (exact) mass is 328 g/mol. The molecule has 2 nitrogen and oxygen atoms in total. The summed E-state index contributed by atoms with van der Waals surface area (Å²) < 4.78 is 0. The van der Waals surface area contributed by atoms with Gasteiger partial charge in [0.25, 0.3) is 0 Å². The summed E-state index contributed by atoms with van der Waals surface area (Å²) in [5.41, 5.74) is 3.62. The van der Waals surface area contributed by atoms with Crippen LogP contribution in [0.4, 0.5) is 5.69 Å². The van der Waals surface area contributed by atoms with Gasteiger partial charge < -0.3 is 10.6 Å². The molecule has 2 aromatic carbocycles. The minimum absolute atomic E-state index is 0.606. The molecule has 0 atom stereocenters. The number of hydrogen-bond acceptors (Lipinski definition) is 2. The third-order valence-electron chi connectivity index (χ3n) is 3.23. The molecule has 0 aromatic heterocycles. The van der Waals surface area contributed by atoms with Gasteiger partial charge in [0, 0.05) is 22.0 Å². The van der Waals surface area contributed by atoms with Crippen molar-refractivity contribution >= 4 is 34.8 Å². The molecular weight excluding hydrogens is 308 g/mol. The van der Waals surface area contributed by atoms with Crippen molar-refractivity contribution in [3.8, 4) is 0 Å². The molecule has 114 valence electrons. The SMILES string of the molecule is C=CCNC(=S)Nc1ccc(Sc2ccc(C)c(C)c2)cc1. The zero-order valence-corrected chi connectivity index (χ0v) is 14.5. The number of thiocarbonyl (C=S) groups is 1. The van der Waals surface area contributed by atoms with Gasteiger partial charge >= 0.3 is 0 Å². The van der Waals surface area contributed by atoms with Crippen molar-refractivity contribution in [2.75, 3.05) is 11.9 Å². The van der Waals surface area contributed by atoms with E-state index in [9.17, 15) is 0 Å². The number of nitrogens with one attached hydrogen (secondary N) is 2. The van der Waals surface area contributed by atoms with Gasteiger partial charge in [-0.25, -0.2) is 0 Å². The third kappa shape index (κ3) is 4.90. The van der Waals surface area contributed by atoms with E-state index in [0.717, 1.165) is 5.69 Å². The van der Waals surface area contributed by atoms with E-state index in [2.05, 4.69) is 61.4 Å². The van der Waals surface area contributed by atoms with E-state index in [1.54, 1.807) is 17.8 Å². The first-order valence-corrected chi connectivity index (χ1v) is 8.32. The van der Waals surface area contributed by atoms with Crippen LogP contribution in [-0.2, 0) is 0 Å². The molecule has 4 heteroatoms. The number of anilines is 1. The second-order valence-corrected chi connectivity index (χ2v) is 6.55. The number of hydrogen-bond donors (Lipinski definition) is 2. The van der Waals surface area contributed by atoms with E-state index in [1.165, 1.54) is 20.9 Å². The standard InChI is InChI=1S/C18H20N2S2/c1-4-11-19-18(21)20-15-6-9-16(10-7-15)22-17-8-5-13(2)14(3)12-17/h4-10,12H,1,11H2,2-3H3,(H2,19,20,21). The molecule has 2 aromatic rings. The Kier molecular flexibility index (Phi) is 6.04. The fourth-order valence-corrected chi connectivity index (χ4v) is 2.98. The molecule has 0 fully saturated rings. The van der Waals surface area contributed by atoms with Crippen molar-refractivity contribution in [2.45, 2.75) is 23.6 Å². The van der Waals surface area contributed by atoms with Crippen LogP contribution in [0.1, 0.15) is 11.1 Å². The molecule has 0 aliphatic carbocycles. The molecule has 0 heterocycles. The van der Waals surface area contributed by atoms with Crippen LogP contribution in [0.5, 0.6) is 0 Å². The maximum Gasteiger partial charge on any atom is 0.171 e. The highest BCUT2D eigenvalue weighted by Crippen LogP contribution is 2.29. The van der Waals surface area contributed by atoms with E-state index >= 15 is 0 Å². The normalized spacial score (nSPS) is 10.1. The van der Waals surface area contributed by atoms with Crippen LogP contribution in [-0.4, -0.2) is 11.7 Å². The third-order valence-corrected chi connectivity index (χ3v) is 4.48. The summed E-state index contributed by atoms with van der Waals surface area (Å²) in [6.07, 6.45) is 1.78. The Hall–Kier alpha value is -1.78. The Morgan fingerprint density at radius 1 is 1.09 bits per heavy atom. The van der Waals surface area contributed by atoms with Crippen LogP contribution in [0.3, 0.4) is 0 Å². The maximum absolute atomic E-state index is 5.19. The first-order valence-electron chi connectivity index (χ1n) is 7.09. The first kappa shape index (κ1) is 16.6. The molecule has 0 spiro atoms. The zero-order chi connectivity index (χ0) is 15.9. The Morgan fingerprint density at radius 2 is 1.77 bits per heavy atom. The minimum atomic E-state index is 0.606. The van der Waals surface area contributed by atoms with Crippen molar-refractivity contribution in [3.05, 3.63) is 66.2 Å². The molecule has 0 aliphatic heterocycles. The van der Waals surface area contributed by atoms with Gasteiger partial charge in [0.15, 0.2) is 5.11 Å². The van der Waals surface area contributed by atoms with E-state index in [0.29, 0.717) is 11.7 Å². The van der Waals surface area contributed by atoms with Gasteiger partial charge in [-0.1, -0.05) is 23.9 Å². The second kappa shape index (κ2) is 8.01. The number of benzene rings is 2. The fourth-order valence-electron chi connectivity index (χ4n) is 1.86.